The number of amides is 2. The van der Waals surface area contributed by atoms with E-state index in [-0.39, 0.29) is 5.91 Å². The van der Waals surface area contributed by atoms with Gasteiger partial charge in [0.05, 0.1) is 17.4 Å². The average Bonchev–Trinajstić information content (AvgIpc) is 2.64. The molecule has 6 nitrogen and oxygen atoms in total. The Morgan fingerprint density at radius 1 is 1.12 bits per heavy atom. The van der Waals surface area contributed by atoms with Gasteiger partial charge in [-0.3, -0.25) is 14.6 Å². The van der Waals surface area contributed by atoms with Gasteiger partial charge in [-0.05, 0) is 31.5 Å². The first-order valence-corrected chi connectivity index (χ1v) is 8.35. The molecule has 130 valence electrons. The molecule has 1 saturated heterocycles. The van der Waals surface area contributed by atoms with Crippen LogP contribution in [0.5, 0.6) is 0 Å². The number of piperazine rings is 1. The molecule has 2 aromatic rings. The molecule has 0 radical (unpaired) electrons. The summed E-state index contributed by atoms with van der Waals surface area (Å²) in [6, 6.07) is 8.00. The van der Waals surface area contributed by atoms with E-state index in [0.717, 1.165) is 23.3 Å². The molecule has 0 atom stereocenters. The van der Waals surface area contributed by atoms with Crippen molar-refractivity contribution in [3.05, 3.63) is 53.3 Å². The number of aryl methyl sites for hydroxylation is 2. The Hall–Kier alpha value is -2.89. The van der Waals surface area contributed by atoms with Gasteiger partial charge in [-0.25, -0.2) is 0 Å². The number of carbonyl (C=O) groups excluding carboxylic acids is 2. The topological polar surface area (TPSA) is 65.5 Å². The molecular weight excluding hydrogens is 316 g/mol. The molecule has 1 fully saturated rings. The Kier molecular flexibility index (Phi) is 4.97. The maximum atomic E-state index is 12.7. The Morgan fingerprint density at radius 3 is 2.56 bits per heavy atom. The van der Waals surface area contributed by atoms with E-state index in [4.69, 9.17) is 0 Å². The number of nitrogens with zero attached hydrogens (tertiary/aromatic N) is 3. The van der Waals surface area contributed by atoms with E-state index >= 15 is 0 Å². The molecule has 1 N–H and O–H groups in total. The number of hydrogen-bond acceptors (Lipinski definition) is 4. The molecule has 1 aliphatic heterocycles. The Morgan fingerprint density at radius 2 is 1.88 bits per heavy atom. The molecule has 0 spiro atoms. The SMILES string of the molecule is Cc1ccc(Nc2cncc(C(=O)N3CCN(C=O)CC3)c2)c(C)c1. The largest absolute Gasteiger partial charge is 0.354 e. The summed E-state index contributed by atoms with van der Waals surface area (Å²) < 4.78 is 0. The standard InChI is InChI=1S/C19H22N4O2/c1-14-3-4-18(15(2)9-14)21-17-10-16(11-20-12-17)19(25)23-7-5-22(13-24)6-8-23/h3-4,9-13,21H,5-8H2,1-2H3. The summed E-state index contributed by atoms with van der Waals surface area (Å²) >= 11 is 0. The summed E-state index contributed by atoms with van der Waals surface area (Å²) in [7, 11) is 0. The van der Waals surface area contributed by atoms with Crippen molar-refractivity contribution < 1.29 is 9.59 Å². The van der Waals surface area contributed by atoms with E-state index in [2.05, 4.69) is 23.3 Å². The van der Waals surface area contributed by atoms with Crippen LogP contribution in [-0.4, -0.2) is 53.3 Å². The fraction of sp³-hybridized carbons (Fsp3) is 0.316. The number of anilines is 2. The molecule has 0 aliphatic carbocycles. The van der Waals surface area contributed by atoms with Crippen LogP contribution in [0.25, 0.3) is 0 Å². The lowest BCUT2D eigenvalue weighted by Gasteiger charge is -2.32. The van der Waals surface area contributed by atoms with Gasteiger partial charge in [-0.15, -0.1) is 0 Å². The van der Waals surface area contributed by atoms with Crippen LogP contribution in [-0.2, 0) is 4.79 Å². The van der Waals surface area contributed by atoms with Gasteiger partial charge in [0.15, 0.2) is 0 Å². The minimum atomic E-state index is -0.0534. The lowest BCUT2D eigenvalue weighted by molar-refractivity contribution is -0.119. The van der Waals surface area contributed by atoms with Crippen molar-refractivity contribution >= 4 is 23.7 Å². The van der Waals surface area contributed by atoms with Gasteiger partial charge in [-0.1, -0.05) is 17.7 Å². The number of pyridine rings is 1. The second kappa shape index (κ2) is 7.34. The number of benzene rings is 1. The van der Waals surface area contributed by atoms with E-state index in [1.54, 1.807) is 22.2 Å². The maximum absolute atomic E-state index is 12.7. The number of rotatable bonds is 4. The summed E-state index contributed by atoms with van der Waals surface area (Å²) in [6.45, 7) is 6.34. The molecule has 0 unspecified atom stereocenters. The van der Waals surface area contributed by atoms with Crippen molar-refractivity contribution in [2.45, 2.75) is 13.8 Å². The second-order valence-corrected chi connectivity index (χ2v) is 6.34. The van der Waals surface area contributed by atoms with Crippen LogP contribution < -0.4 is 5.32 Å². The smallest absolute Gasteiger partial charge is 0.255 e. The summed E-state index contributed by atoms with van der Waals surface area (Å²) in [5.41, 5.74) is 4.68. The molecule has 3 rings (SSSR count). The zero-order valence-electron chi connectivity index (χ0n) is 14.5. The molecule has 1 aromatic carbocycles. The number of aromatic nitrogens is 1. The lowest BCUT2D eigenvalue weighted by atomic mass is 10.1. The third-order valence-corrected chi connectivity index (χ3v) is 4.40. The molecule has 0 saturated carbocycles. The minimum Gasteiger partial charge on any atom is -0.354 e. The Labute approximate surface area is 147 Å². The molecule has 2 heterocycles. The van der Waals surface area contributed by atoms with Crippen molar-refractivity contribution in [3.63, 3.8) is 0 Å². The molecule has 0 bridgehead atoms. The monoisotopic (exact) mass is 338 g/mol. The van der Waals surface area contributed by atoms with Gasteiger partial charge < -0.3 is 15.1 Å². The lowest BCUT2D eigenvalue weighted by Crippen LogP contribution is -2.48. The van der Waals surface area contributed by atoms with Crippen LogP contribution in [0.3, 0.4) is 0 Å². The highest BCUT2D eigenvalue weighted by atomic mass is 16.2. The molecular formula is C19H22N4O2. The third kappa shape index (κ3) is 3.96. The number of nitrogens with one attached hydrogen (secondary N) is 1. The van der Waals surface area contributed by atoms with Crippen LogP contribution >= 0.6 is 0 Å². The van der Waals surface area contributed by atoms with Gasteiger partial charge in [0.25, 0.3) is 5.91 Å². The van der Waals surface area contributed by atoms with E-state index < -0.39 is 0 Å². The zero-order valence-corrected chi connectivity index (χ0v) is 14.5. The molecule has 25 heavy (non-hydrogen) atoms. The van der Waals surface area contributed by atoms with Crippen LogP contribution in [0.15, 0.2) is 36.7 Å². The maximum Gasteiger partial charge on any atom is 0.255 e. The fourth-order valence-electron chi connectivity index (χ4n) is 2.95. The normalized spacial score (nSPS) is 14.3. The van der Waals surface area contributed by atoms with Crippen LogP contribution in [0.2, 0.25) is 0 Å². The van der Waals surface area contributed by atoms with Crippen molar-refractivity contribution in [1.29, 1.82) is 0 Å². The average molecular weight is 338 g/mol. The van der Waals surface area contributed by atoms with Crippen molar-refractivity contribution in [2.24, 2.45) is 0 Å². The van der Waals surface area contributed by atoms with Gasteiger partial charge in [0.1, 0.15) is 0 Å². The van der Waals surface area contributed by atoms with Crippen LogP contribution in [0.4, 0.5) is 11.4 Å². The second-order valence-electron chi connectivity index (χ2n) is 6.34. The predicted octanol–water partition coefficient (Wildman–Crippen LogP) is 2.36. The summed E-state index contributed by atoms with van der Waals surface area (Å²) in [5.74, 6) is -0.0534. The number of carbonyl (C=O) groups is 2. The first-order chi connectivity index (χ1) is 12.1. The molecule has 2 amide bonds. The van der Waals surface area contributed by atoms with Gasteiger partial charge in [0.2, 0.25) is 6.41 Å². The van der Waals surface area contributed by atoms with Crippen molar-refractivity contribution in [1.82, 2.24) is 14.8 Å². The first kappa shape index (κ1) is 17.0. The van der Waals surface area contributed by atoms with E-state index in [1.807, 2.05) is 25.1 Å². The molecule has 1 aromatic heterocycles. The van der Waals surface area contributed by atoms with Gasteiger partial charge in [-0.2, -0.15) is 0 Å². The van der Waals surface area contributed by atoms with Gasteiger partial charge in [0, 0.05) is 38.1 Å². The quantitative estimate of drug-likeness (QED) is 0.869. The summed E-state index contributed by atoms with van der Waals surface area (Å²) in [5, 5.41) is 3.33. The first-order valence-electron chi connectivity index (χ1n) is 8.35. The molecule has 1 aliphatic rings. The van der Waals surface area contributed by atoms with Crippen LogP contribution in [0, 0.1) is 13.8 Å². The minimum absolute atomic E-state index is 0.0534. The van der Waals surface area contributed by atoms with Crippen molar-refractivity contribution in [3.8, 4) is 0 Å². The summed E-state index contributed by atoms with van der Waals surface area (Å²) in [4.78, 5) is 31.1. The highest BCUT2D eigenvalue weighted by Gasteiger charge is 2.21. The predicted molar refractivity (Wildman–Crippen MR) is 97.0 cm³/mol. The zero-order chi connectivity index (χ0) is 17.8. The summed E-state index contributed by atoms with van der Waals surface area (Å²) in [6.07, 6.45) is 4.12. The molecule has 6 heteroatoms. The van der Waals surface area contributed by atoms with E-state index in [0.29, 0.717) is 31.7 Å². The highest BCUT2D eigenvalue weighted by molar-refractivity contribution is 5.95. The Balaban J connectivity index is 1.73. The highest BCUT2D eigenvalue weighted by Crippen LogP contribution is 2.22. The van der Waals surface area contributed by atoms with Gasteiger partial charge >= 0.3 is 0 Å². The van der Waals surface area contributed by atoms with E-state index in [9.17, 15) is 9.59 Å². The number of hydrogen-bond donors (Lipinski definition) is 1. The van der Waals surface area contributed by atoms with E-state index in [1.165, 1.54) is 5.56 Å². The fourth-order valence-corrected chi connectivity index (χ4v) is 2.95. The van der Waals surface area contributed by atoms with Crippen molar-refractivity contribution in [2.75, 3.05) is 31.5 Å². The third-order valence-electron chi connectivity index (χ3n) is 4.40. The Bertz CT molecular complexity index is 783. The van der Waals surface area contributed by atoms with Crippen LogP contribution in [0.1, 0.15) is 21.5 Å².